The highest BCUT2D eigenvalue weighted by Gasteiger charge is 2.19. The fraction of sp³-hybridized carbons (Fsp3) is 0.455. The number of benzene rings is 1. The smallest absolute Gasteiger partial charge is 0.0679 e. The largest absolute Gasteiger partial charge is 0.392 e. The van der Waals surface area contributed by atoms with Crippen molar-refractivity contribution in [2.24, 2.45) is 0 Å². The molecule has 69 valence electrons. The van der Waals surface area contributed by atoms with Gasteiger partial charge in [-0.15, -0.1) is 0 Å². The van der Waals surface area contributed by atoms with Gasteiger partial charge in [-0.05, 0) is 18.1 Å². The molecular formula is C11H14NO. The van der Waals surface area contributed by atoms with Crippen LogP contribution in [0.1, 0.15) is 12.0 Å². The molecule has 1 aromatic carbocycles. The van der Waals surface area contributed by atoms with E-state index in [0.29, 0.717) is 0 Å². The van der Waals surface area contributed by atoms with Crippen molar-refractivity contribution in [1.29, 1.82) is 0 Å². The van der Waals surface area contributed by atoms with E-state index in [1.54, 1.807) is 0 Å². The normalized spacial score (nSPS) is 23.6. The lowest BCUT2D eigenvalue weighted by Gasteiger charge is -2.14. The van der Waals surface area contributed by atoms with Gasteiger partial charge in [-0.3, -0.25) is 4.90 Å². The highest BCUT2D eigenvalue weighted by Crippen LogP contribution is 2.12. The summed E-state index contributed by atoms with van der Waals surface area (Å²) in [6.07, 6.45) is 0.800. The fourth-order valence-electron chi connectivity index (χ4n) is 1.74. The Morgan fingerprint density at radius 2 is 2.23 bits per heavy atom. The Hall–Kier alpha value is -0.860. The highest BCUT2D eigenvalue weighted by atomic mass is 16.3. The molecule has 1 radical (unpaired) electrons. The topological polar surface area (TPSA) is 23.5 Å². The number of aliphatic hydroxyl groups is 1. The molecular weight excluding hydrogens is 162 g/mol. The van der Waals surface area contributed by atoms with Crippen molar-refractivity contribution in [1.82, 2.24) is 4.90 Å². The second-order valence-electron chi connectivity index (χ2n) is 3.59. The van der Waals surface area contributed by atoms with Crippen molar-refractivity contribution in [3.63, 3.8) is 0 Å². The Morgan fingerprint density at radius 1 is 1.46 bits per heavy atom. The maximum Gasteiger partial charge on any atom is 0.0679 e. The molecule has 0 amide bonds. The molecule has 2 nitrogen and oxygen atoms in total. The number of hydrogen-bond donors (Lipinski definition) is 1. The van der Waals surface area contributed by atoms with Crippen LogP contribution < -0.4 is 0 Å². The standard InChI is InChI=1S/C11H14NO/c13-11-6-7-12(9-11)8-10-4-2-1-3-5-10/h2-5,11,13H,6-9H2/t11-/m1/s1. The molecule has 1 fully saturated rings. The molecule has 0 aromatic heterocycles. The Balaban J connectivity index is 1.92. The molecule has 1 aliphatic heterocycles. The zero-order valence-electron chi connectivity index (χ0n) is 7.61. The maximum atomic E-state index is 9.33. The first kappa shape index (κ1) is 8.73. The Bertz CT molecular complexity index is 260. The van der Waals surface area contributed by atoms with E-state index in [9.17, 15) is 5.11 Å². The summed E-state index contributed by atoms with van der Waals surface area (Å²) in [7, 11) is 0. The lowest BCUT2D eigenvalue weighted by molar-refractivity contribution is 0.175. The quantitative estimate of drug-likeness (QED) is 0.728. The van der Waals surface area contributed by atoms with Gasteiger partial charge >= 0.3 is 0 Å². The molecule has 1 atom stereocenters. The van der Waals surface area contributed by atoms with Crippen LogP contribution in [-0.4, -0.2) is 29.2 Å². The molecule has 0 saturated carbocycles. The minimum absolute atomic E-state index is 0.115. The van der Waals surface area contributed by atoms with Crippen LogP contribution in [0.5, 0.6) is 0 Å². The molecule has 1 aliphatic rings. The lowest BCUT2D eigenvalue weighted by Crippen LogP contribution is -2.21. The van der Waals surface area contributed by atoms with E-state index >= 15 is 0 Å². The van der Waals surface area contributed by atoms with Gasteiger partial charge < -0.3 is 5.11 Å². The van der Waals surface area contributed by atoms with Gasteiger partial charge in [0.05, 0.1) is 6.10 Å². The lowest BCUT2D eigenvalue weighted by atomic mass is 10.2. The highest BCUT2D eigenvalue weighted by molar-refractivity contribution is 5.13. The molecule has 0 unspecified atom stereocenters. The van der Waals surface area contributed by atoms with E-state index in [1.165, 1.54) is 5.56 Å². The first-order chi connectivity index (χ1) is 6.34. The maximum absolute atomic E-state index is 9.33. The Labute approximate surface area is 78.8 Å². The van der Waals surface area contributed by atoms with Crippen molar-refractivity contribution < 1.29 is 5.11 Å². The molecule has 1 saturated heterocycles. The van der Waals surface area contributed by atoms with Gasteiger partial charge in [0.25, 0.3) is 0 Å². The fourth-order valence-corrected chi connectivity index (χ4v) is 1.74. The molecule has 1 N–H and O–H groups in total. The number of rotatable bonds is 2. The van der Waals surface area contributed by atoms with Gasteiger partial charge in [0.1, 0.15) is 0 Å². The molecule has 0 spiro atoms. The molecule has 1 heterocycles. The van der Waals surface area contributed by atoms with Crippen LogP contribution in [0.4, 0.5) is 0 Å². The number of hydrogen-bond acceptors (Lipinski definition) is 2. The van der Waals surface area contributed by atoms with Gasteiger partial charge in [-0.25, -0.2) is 0 Å². The van der Waals surface area contributed by atoms with E-state index in [4.69, 9.17) is 0 Å². The molecule has 1 aromatic rings. The summed E-state index contributed by atoms with van der Waals surface area (Å²) in [6, 6.07) is 11.0. The van der Waals surface area contributed by atoms with Crippen LogP contribution in [0, 0.1) is 6.07 Å². The number of likely N-dealkylation sites (tertiary alicyclic amines) is 1. The Morgan fingerprint density at radius 3 is 2.85 bits per heavy atom. The van der Waals surface area contributed by atoms with E-state index < -0.39 is 0 Å². The molecule has 13 heavy (non-hydrogen) atoms. The van der Waals surface area contributed by atoms with E-state index in [2.05, 4.69) is 23.1 Å². The average Bonchev–Trinajstić information content (AvgIpc) is 2.53. The van der Waals surface area contributed by atoms with E-state index in [0.717, 1.165) is 26.1 Å². The van der Waals surface area contributed by atoms with Crippen molar-refractivity contribution in [2.75, 3.05) is 13.1 Å². The number of aliphatic hydroxyl groups excluding tert-OH is 1. The predicted molar refractivity (Wildman–Crippen MR) is 51.2 cm³/mol. The third kappa shape index (κ3) is 2.29. The van der Waals surface area contributed by atoms with Gasteiger partial charge in [-0.2, -0.15) is 0 Å². The van der Waals surface area contributed by atoms with Gasteiger partial charge in [0, 0.05) is 19.6 Å². The van der Waals surface area contributed by atoms with Crippen LogP contribution in [0.3, 0.4) is 0 Å². The average molecular weight is 176 g/mol. The predicted octanol–water partition coefficient (Wildman–Crippen LogP) is 1.05. The number of β-amino-alcohol motifs (C(OH)–C–C–N with tert-alkyl or cyclic N) is 1. The summed E-state index contributed by atoms with van der Waals surface area (Å²) in [4.78, 5) is 2.28. The zero-order valence-corrected chi connectivity index (χ0v) is 7.61. The van der Waals surface area contributed by atoms with Crippen LogP contribution in [0.2, 0.25) is 0 Å². The molecule has 2 rings (SSSR count). The van der Waals surface area contributed by atoms with E-state index in [-0.39, 0.29) is 6.10 Å². The summed E-state index contributed by atoms with van der Waals surface area (Å²) in [5.74, 6) is 0. The zero-order chi connectivity index (χ0) is 9.10. The first-order valence-electron chi connectivity index (χ1n) is 4.70. The monoisotopic (exact) mass is 176 g/mol. The summed E-state index contributed by atoms with van der Waals surface area (Å²) in [5, 5.41) is 9.33. The third-order valence-electron chi connectivity index (χ3n) is 2.44. The van der Waals surface area contributed by atoms with Crippen molar-refractivity contribution in [3.8, 4) is 0 Å². The van der Waals surface area contributed by atoms with Gasteiger partial charge in [-0.1, -0.05) is 24.3 Å². The van der Waals surface area contributed by atoms with Crippen LogP contribution in [0.25, 0.3) is 0 Å². The van der Waals surface area contributed by atoms with Crippen molar-refractivity contribution in [2.45, 2.75) is 19.1 Å². The van der Waals surface area contributed by atoms with Gasteiger partial charge in [0.15, 0.2) is 0 Å². The number of nitrogens with zero attached hydrogens (tertiary/aromatic N) is 1. The van der Waals surface area contributed by atoms with Crippen LogP contribution >= 0.6 is 0 Å². The Kier molecular flexibility index (Phi) is 2.62. The summed E-state index contributed by atoms with van der Waals surface area (Å²) < 4.78 is 0. The van der Waals surface area contributed by atoms with Gasteiger partial charge in [0.2, 0.25) is 0 Å². The van der Waals surface area contributed by atoms with E-state index in [1.807, 2.05) is 12.1 Å². The summed E-state index contributed by atoms with van der Waals surface area (Å²) in [5.41, 5.74) is 1.30. The molecule has 0 aliphatic carbocycles. The molecule has 0 bridgehead atoms. The molecule has 2 heteroatoms. The third-order valence-corrected chi connectivity index (χ3v) is 2.44. The second-order valence-corrected chi connectivity index (χ2v) is 3.59. The first-order valence-corrected chi connectivity index (χ1v) is 4.70. The minimum Gasteiger partial charge on any atom is -0.392 e. The van der Waals surface area contributed by atoms with Crippen LogP contribution in [0.15, 0.2) is 24.3 Å². The SMILES string of the molecule is O[C@@H]1CCN(Cc2cc[c]cc2)C1. The summed E-state index contributed by atoms with van der Waals surface area (Å²) in [6.45, 7) is 2.78. The second kappa shape index (κ2) is 3.90. The van der Waals surface area contributed by atoms with Crippen molar-refractivity contribution >= 4 is 0 Å². The summed E-state index contributed by atoms with van der Waals surface area (Å²) >= 11 is 0. The van der Waals surface area contributed by atoms with Crippen molar-refractivity contribution in [3.05, 3.63) is 35.9 Å². The minimum atomic E-state index is -0.115. The van der Waals surface area contributed by atoms with Crippen LogP contribution in [-0.2, 0) is 6.54 Å².